The molecule has 1 aromatic heterocycles. The average molecular weight is 302 g/mol. The Balaban J connectivity index is 2.31. The maximum atomic E-state index is 13.2. The first kappa shape index (κ1) is 16.2. The molecule has 2 unspecified atom stereocenters. The Bertz CT molecular complexity index is 445. The molecule has 2 rings (SSSR count). The van der Waals surface area contributed by atoms with Crippen LogP contribution in [0.15, 0.2) is 18.5 Å². The van der Waals surface area contributed by atoms with Crippen LogP contribution >= 0.6 is 0 Å². The normalized spacial score (nSPS) is 21.2. The standard InChI is InChI=1S/C15H21F3N2O/c1-2-7-20-14(13-5-3-4-9-21-13)11-10-19-8-6-12(11)15(16,17)18/h6,8,10,13-14,20H,2-5,7,9H2,1H3. The fourth-order valence-electron chi connectivity index (χ4n) is 2.68. The first-order chi connectivity index (χ1) is 10.0. The van der Waals surface area contributed by atoms with Crippen molar-refractivity contribution in [1.29, 1.82) is 0 Å². The Labute approximate surface area is 122 Å². The van der Waals surface area contributed by atoms with Crippen molar-refractivity contribution in [3.05, 3.63) is 29.6 Å². The van der Waals surface area contributed by atoms with Gasteiger partial charge in [0.15, 0.2) is 0 Å². The number of nitrogens with one attached hydrogen (secondary N) is 1. The first-order valence-electron chi connectivity index (χ1n) is 7.40. The van der Waals surface area contributed by atoms with Gasteiger partial charge in [0.2, 0.25) is 0 Å². The minimum atomic E-state index is -4.38. The van der Waals surface area contributed by atoms with E-state index in [9.17, 15) is 13.2 Å². The summed E-state index contributed by atoms with van der Waals surface area (Å²) in [5.41, 5.74) is -0.439. The van der Waals surface area contributed by atoms with Gasteiger partial charge in [0.1, 0.15) is 0 Å². The minimum Gasteiger partial charge on any atom is -0.376 e. The van der Waals surface area contributed by atoms with Crippen LogP contribution in [0.1, 0.15) is 49.8 Å². The molecule has 118 valence electrons. The van der Waals surface area contributed by atoms with Gasteiger partial charge in [-0.05, 0) is 38.3 Å². The number of ether oxygens (including phenoxy) is 1. The molecule has 0 aliphatic carbocycles. The smallest absolute Gasteiger partial charge is 0.376 e. The number of alkyl halides is 3. The van der Waals surface area contributed by atoms with E-state index in [1.165, 1.54) is 12.4 Å². The van der Waals surface area contributed by atoms with Gasteiger partial charge >= 0.3 is 6.18 Å². The van der Waals surface area contributed by atoms with Gasteiger partial charge in [0.25, 0.3) is 0 Å². The van der Waals surface area contributed by atoms with E-state index in [0.29, 0.717) is 13.2 Å². The molecule has 3 nitrogen and oxygen atoms in total. The van der Waals surface area contributed by atoms with Crippen molar-refractivity contribution in [3.8, 4) is 0 Å². The predicted octanol–water partition coefficient (Wildman–Crippen LogP) is 3.71. The van der Waals surface area contributed by atoms with Crippen LogP contribution in [0.2, 0.25) is 0 Å². The molecule has 1 aliphatic rings. The van der Waals surface area contributed by atoms with Gasteiger partial charge < -0.3 is 10.1 Å². The molecule has 1 saturated heterocycles. The van der Waals surface area contributed by atoms with Crippen LogP contribution in [0, 0.1) is 0 Å². The van der Waals surface area contributed by atoms with Crippen LogP contribution in [0.3, 0.4) is 0 Å². The average Bonchev–Trinajstić information content (AvgIpc) is 2.48. The number of rotatable bonds is 5. The molecule has 0 amide bonds. The van der Waals surface area contributed by atoms with E-state index in [0.717, 1.165) is 31.7 Å². The molecule has 0 spiro atoms. The lowest BCUT2D eigenvalue weighted by atomic mass is 9.93. The van der Waals surface area contributed by atoms with Crippen LogP contribution in [0.4, 0.5) is 13.2 Å². The van der Waals surface area contributed by atoms with Gasteiger partial charge in [-0.2, -0.15) is 13.2 Å². The van der Waals surface area contributed by atoms with Crippen molar-refractivity contribution in [3.63, 3.8) is 0 Å². The fourth-order valence-corrected chi connectivity index (χ4v) is 2.68. The molecule has 2 atom stereocenters. The summed E-state index contributed by atoms with van der Waals surface area (Å²) >= 11 is 0. The summed E-state index contributed by atoms with van der Waals surface area (Å²) in [6, 6.07) is 0.578. The molecular weight excluding hydrogens is 281 g/mol. The van der Waals surface area contributed by atoms with E-state index in [1.807, 2.05) is 6.92 Å². The second kappa shape index (κ2) is 7.22. The quantitative estimate of drug-likeness (QED) is 0.900. The topological polar surface area (TPSA) is 34.2 Å². The first-order valence-corrected chi connectivity index (χ1v) is 7.40. The zero-order valence-electron chi connectivity index (χ0n) is 12.1. The predicted molar refractivity (Wildman–Crippen MR) is 73.9 cm³/mol. The summed E-state index contributed by atoms with van der Waals surface area (Å²) < 4.78 is 45.3. The summed E-state index contributed by atoms with van der Waals surface area (Å²) in [6.07, 6.45) is 1.47. The molecule has 21 heavy (non-hydrogen) atoms. The molecule has 1 N–H and O–H groups in total. The van der Waals surface area contributed by atoms with Gasteiger partial charge in [0, 0.05) is 24.6 Å². The summed E-state index contributed by atoms with van der Waals surface area (Å²) in [7, 11) is 0. The van der Waals surface area contributed by atoms with Gasteiger partial charge in [-0.25, -0.2) is 0 Å². The van der Waals surface area contributed by atoms with E-state index < -0.39 is 17.8 Å². The molecule has 2 heterocycles. The monoisotopic (exact) mass is 302 g/mol. The van der Waals surface area contributed by atoms with Crippen molar-refractivity contribution in [2.24, 2.45) is 0 Å². The SMILES string of the molecule is CCCNC(c1cnccc1C(F)(F)F)C1CCCCO1. The van der Waals surface area contributed by atoms with Crippen LogP contribution in [0.5, 0.6) is 0 Å². The molecular formula is C15H21F3N2O. The zero-order valence-corrected chi connectivity index (χ0v) is 12.1. The lowest BCUT2D eigenvalue weighted by molar-refractivity contribution is -0.139. The number of halogens is 3. The third kappa shape index (κ3) is 4.17. The minimum absolute atomic E-state index is 0.186. The van der Waals surface area contributed by atoms with Gasteiger partial charge in [-0.15, -0.1) is 0 Å². The van der Waals surface area contributed by atoms with Gasteiger partial charge in [-0.3, -0.25) is 4.98 Å². The maximum absolute atomic E-state index is 13.2. The van der Waals surface area contributed by atoms with Crippen LogP contribution in [-0.4, -0.2) is 24.2 Å². The molecule has 1 aliphatic heterocycles. The largest absolute Gasteiger partial charge is 0.416 e. The summed E-state index contributed by atoms with van der Waals surface area (Å²) in [5.74, 6) is 0. The van der Waals surface area contributed by atoms with E-state index in [2.05, 4.69) is 10.3 Å². The molecule has 0 radical (unpaired) electrons. The summed E-state index contributed by atoms with van der Waals surface area (Å²) in [5, 5.41) is 3.20. The van der Waals surface area contributed by atoms with Crippen molar-refractivity contribution in [1.82, 2.24) is 10.3 Å². The molecule has 0 aromatic carbocycles. The third-order valence-electron chi connectivity index (χ3n) is 3.69. The Morgan fingerprint density at radius 3 is 2.86 bits per heavy atom. The Morgan fingerprint density at radius 2 is 2.24 bits per heavy atom. The summed E-state index contributed by atoms with van der Waals surface area (Å²) in [6.45, 7) is 3.24. The van der Waals surface area contributed by atoms with E-state index >= 15 is 0 Å². The fraction of sp³-hybridized carbons (Fsp3) is 0.667. The Morgan fingerprint density at radius 1 is 1.43 bits per heavy atom. The molecule has 6 heteroatoms. The highest BCUT2D eigenvalue weighted by molar-refractivity contribution is 5.30. The number of nitrogens with zero attached hydrogens (tertiary/aromatic N) is 1. The molecule has 0 bridgehead atoms. The second-order valence-corrected chi connectivity index (χ2v) is 5.30. The van der Waals surface area contributed by atoms with Crippen molar-refractivity contribution in [2.75, 3.05) is 13.2 Å². The molecule has 0 saturated carbocycles. The highest BCUT2D eigenvalue weighted by Gasteiger charge is 2.37. The lowest BCUT2D eigenvalue weighted by Gasteiger charge is -2.32. The van der Waals surface area contributed by atoms with Crippen molar-refractivity contribution < 1.29 is 17.9 Å². The highest BCUT2D eigenvalue weighted by atomic mass is 19.4. The van der Waals surface area contributed by atoms with Gasteiger partial charge in [-0.1, -0.05) is 6.92 Å². The van der Waals surface area contributed by atoms with E-state index in [-0.39, 0.29) is 11.7 Å². The third-order valence-corrected chi connectivity index (χ3v) is 3.69. The molecule has 1 aromatic rings. The van der Waals surface area contributed by atoms with E-state index in [4.69, 9.17) is 4.74 Å². The van der Waals surface area contributed by atoms with Crippen molar-refractivity contribution >= 4 is 0 Å². The van der Waals surface area contributed by atoms with Crippen LogP contribution in [0.25, 0.3) is 0 Å². The maximum Gasteiger partial charge on any atom is 0.416 e. The number of hydrogen-bond acceptors (Lipinski definition) is 3. The zero-order chi connectivity index (χ0) is 15.3. The number of pyridine rings is 1. The second-order valence-electron chi connectivity index (χ2n) is 5.30. The van der Waals surface area contributed by atoms with Crippen molar-refractivity contribution in [2.45, 2.75) is 50.9 Å². The van der Waals surface area contributed by atoms with Crippen LogP contribution < -0.4 is 5.32 Å². The lowest BCUT2D eigenvalue weighted by Crippen LogP contribution is -2.37. The highest BCUT2D eigenvalue weighted by Crippen LogP contribution is 2.36. The Hall–Kier alpha value is -1.14. The molecule has 1 fully saturated rings. The van der Waals surface area contributed by atoms with Gasteiger partial charge in [0.05, 0.1) is 17.7 Å². The Kier molecular flexibility index (Phi) is 5.58. The van der Waals surface area contributed by atoms with Crippen LogP contribution in [-0.2, 0) is 10.9 Å². The number of aromatic nitrogens is 1. The summed E-state index contributed by atoms with van der Waals surface area (Å²) in [4.78, 5) is 3.89. The van der Waals surface area contributed by atoms with E-state index in [1.54, 1.807) is 0 Å². The number of hydrogen-bond donors (Lipinski definition) is 1.